The molecule has 0 aromatic carbocycles. The summed E-state index contributed by atoms with van der Waals surface area (Å²) in [4.78, 5) is 17.0. The molecule has 0 saturated carbocycles. The maximum Gasteiger partial charge on any atom is 0.460 e. The molecule has 0 aromatic heterocycles. The monoisotopic (exact) mass is 417 g/mol. The molecule has 2 N–H and O–H groups in total. The second-order valence-corrected chi connectivity index (χ2v) is 8.46. The minimum absolute atomic E-state index is 0.326. The number of halogens is 8. The zero-order valence-corrected chi connectivity index (χ0v) is 13.4. The van der Waals surface area contributed by atoms with Gasteiger partial charge in [0.05, 0.1) is 6.16 Å². The first-order chi connectivity index (χ1) is 10.3. The molecule has 146 valence electrons. The summed E-state index contributed by atoms with van der Waals surface area (Å²) in [5, 5.41) is 0. The molecular weight excluding hydrogens is 405 g/mol. The van der Waals surface area contributed by atoms with Crippen LogP contribution < -0.4 is 0 Å². The Labute approximate surface area is 130 Å². The first-order valence-corrected chi connectivity index (χ1v) is 9.04. The summed E-state index contributed by atoms with van der Waals surface area (Å²) in [6.45, 7) is -0.998. The third kappa shape index (κ3) is 5.00. The Balaban J connectivity index is 5.38. The van der Waals surface area contributed by atoms with Crippen molar-refractivity contribution in [3.8, 4) is 0 Å². The van der Waals surface area contributed by atoms with Crippen LogP contribution in [0.4, 0.5) is 35.1 Å². The Kier molecular flexibility index (Phi) is 6.87. The molecule has 1 unspecified atom stereocenters. The summed E-state index contributed by atoms with van der Waals surface area (Å²) in [5.41, 5.74) is -4.93. The molecule has 1 atom stereocenters. The van der Waals surface area contributed by atoms with E-state index in [1.165, 1.54) is 0 Å². The highest BCUT2D eigenvalue weighted by Crippen LogP contribution is 2.50. The maximum absolute atomic E-state index is 13.4. The van der Waals surface area contributed by atoms with Crippen molar-refractivity contribution in [2.24, 2.45) is 0 Å². The predicted molar refractivity (Wildman–Crippen MR) is 63.9 cm³/mol. The Morgan fingerprint density at radius 2 is 1.50 bits per heavy atom. The van der Waals surface area contributed by atoms with Gasteiger partial charge in [-0.05, 0) is 6.42 Å². The minimum atomic E-state index is -6.96. The van der Waals surface area contributed by atoms with Crippen LogP contribution in [0.15, 0.2) is 0 Å². The molecule has 0 spiro atoms. The number of hydrogen-bond acceptors (Lipinski definition) is 3. The van der Waals surface area contributed by atoms with Crippen LogP contribution in [0.1, 0.15) is 6.42 Å². The lowest BCUT2D eigenvalue weighted by Crippen LogP contribution is -2.59. The SMILES string of the molecule is CN(CCCP(=O)(O)O)S(=O)(=O)C(F)C(F)(F)C(F)(F)C(F)(F)F. The Hall–Kier alpha value is -0.500. The molecule has 0 aliphatic rings. The van der Waals surface area contributed by atoms with Gasteiger partial charge in [0.1, 0.15) is 0 Å². The lowest BCUT2D eigenvalue weighted by atomic mass is 10.2. The second kappa shape index (κ2) is 7.02. The van der Waals surface area contributed by atoms with Crippen molar-refractivity contribution >= 4 is 17.6 Å². The van der Waals surface area contributed by atoms with E-state index in [-0.39, 0.29) is 4.31 Å². The summed E-state index contributed by atoms with van der Waals surface area (Å²) in [5.74, 6) is -13.6. The van der Waals surface area contributed by atoms with Gasteiger partial charge in [-0.1, -0.05) is 0 Å². The largest absolute Gasteiger partial charge is 0.460 e. The van der Waals surface area contributed by atoms with Crippen molar-refractivity contribution in [3.63, 3.8) is 0 Å². The molecule has 0 heterocycles. The van der Waals surface area contributed by atoms with Crippen LogP contribution >= 0.6 is 7.60 Å². The average molecular weight is 417 g/mol. The van der Waals surface area contributed by atoms with E-state index >= 15 is 0 Å². The molecule has 0 radical (unpaired) electrons. The van der Waals surface area contributed by atoms with Crippen LogP contribution in [-0.4, -0.2) is 65.8 Å². The summed E-state index contributed by atoms with van der Waals surface area (Å²) in [7, 11) is -10.2. The van der Waals surface area contributed by atoms with Crippen LogP contribution in [-0.2, 0) is 14.6 Å². The summed E-state index contributed by atoms with van der Waals surface area (Å²) < 4.78 is 134. The highest BCUT2D eigenvalue weighted by atomic mass is 32.2. The molecule has 24 heavy (non-hydrogen) atoms. The van der Waals surface area contributed by atoms with Crippen LogP contribution in [0.2, 0.25) is 0 Å². The number of sulfonamides is 1. The fourth-order valence-corrected chi connectivity index (χ4v) is 3.08. The van der Waals surface area contributed by atoms with E-state index in [2.05, 4.69) is 0 Å². The van der Waals surface area contributed by atoms with Crippen molar-refractivity contribution in [1.82, 2.24) is 4.31 Å². The van der Waals surface area contributed by atoms with Gasteiger partial charge in [-0.25, -0.2) is 17.1 Å². The quantitative estimate of drug-likeness (QED) is 0.465. The summed E-state index contributed by atoms with van der Waals surface area (Å²) in [6.07, 6.45) is -8.54. The molecule has 0 bridgehead atoms. The van der Waals surface area contributed by atoms with Gasteiger partial charge in [0, 0.05) is 13.6 Å². The van der Waals surface area contributed by atoms with Gasteiger partial charge >= 0.3 is 25.6 Å². The number of hydrogen-bond donors (Lipinski definition) is 2. The van der Waals surface area contributed by atoms with Gasteiger partial charge < -0.3 is 9.79 Å². The van der Waals surface area contributed by atoms with Gasteiger partial charge in [-0.15, -0.1) is 0 Å². The van der Waals surface area contributed by atoms with Crippen LogP contribution in [0.5, 0.6) is 0 Å². The second-order valence-electron chi connectivity index (χ2n) is 4.62. The molecule has 0 aliphatic carbocycles. The van der Waals surface area contributed by atoms with Gasteiger partial charge in [0.25, 0.3) is 15.5 Å². The summed E-state index contributed by atoms with van der Waals surface area (Å²) >= 11 is 0. The molecule has 0 aromatic rings. The van der Waals surface area contributed by atoms with E-state index < -0.39 is 60.3 Å². The molecule has 0 amide bonds. The predicted octanol–water partition coefficient (Wildman–Crippen LogP) is 1.94. The van der Waals surface area contributed by atoms with Gasteiger partial charge in [0.2, 0.25) is 0 Å². The Bertz CT molecular complexity index is 588. The lowest BCUT2D eigenvalue weighted by Gasteiger charge is -2.31. The summed E-state index contributed by atoms with van der Waals surface area (Å²) in [6, 6.07) is 0. The smallest absolute Gasteiger partial charge is 0.324 e. The van der Waals surface area contributed by atoms with Crippen molar-refractivity contribution in [2.45, 2.75) is 29.9 Å². The van der Waals surface area contributed by atoms with Crippen LogP contribution in [0.25, 0.3) is 0 Å². The normalized spacial score (nSPS) is 16.5. The van der Waals surface area contributed by atoms with E-state index in [0.717, 1.165) is 0 Å². The van der Waals surface area contributed by atoms with Crippen molar-refractivity contribution < 1.29 is 57.9 Å². The van der Waals surface area contributed by atoms with Gasteiger partial charge in [0.15, 0.2) is 0 Å². The average Bonchev–Trinajstić information content (AvgIpc) is 2.34. The Morgan fingerprint density at radius 1 is 1.08 bits per heavy atom. The van der Waals surface area contributed by atoms with E-state index in [4.69, 9.17) is 9.79 Å². The number of alkyl halides is 8. The fraction of sp³-hybridized carbons (Fsp3) is 1.00. The zero-order chi connectivity index (χ0) is 19.8. The van der Waals surface area contributed by atoms with Crippen LogP contribution in [0, 0.1) is 0 Å². The van der Waals surface area contributed by atoms with Crippen molar-refractivity contribution in [1.29, 1.82) is 0 Å². The van der Waals surface area contributed by atoms with Gasteiger partial charge in [-0.2, -0.15) is 30.7 Å². The first kappa shape index (κ1) is 23.5. The third-order valence-corrected chi connectivity index (χ3v) is 5.45. The first-order valence-electron chi connectivity index (χ1n) is 5.74. The molecular formula is C8H12F8NO5PS. The van der Waals surface area contributed by atoms with E-state index in [0.29, 0.717) is 7.05 Å². The molecule has 16 heteroatoms. The molecule has 0 saturated heterocycles. The Morgan fingerprint density at radius 3 is 1.83 bits per heavy atom. The number of rotatable bonds is 8. The molecule has 6 nitrogen and oxygen atoms in total. The van der Waals surface area contributed by atoms with E-state index in [1.807, 2.05) is 0 Å². The van der Waals surface area contributed by atoms with E-state index in [9.17, 15) is 48.1 Å². The third-order valence-electron chi connectivity index (χ3n) is 2.68. The lowest BCUT2D eigenvalue weighted by molar-refractivity contribution is -0.359. The van der Waals surface area contributed by atoms with Gasteiger partial charge in [-0.3, -0.25) is 4.57 Å². The molecule has 0 fully saturated rings. The van der Waals surface area contributed by atoms with Crippen molar-refractivity contribution in [3.05, 3.63) is 0 Å². The topological polar surface area (TPSA) is 94.9 Å². The maximum atomic E-state index is 13.4. The van der Waals surface area contributed by atoms with E-state index in [1.54, 1.807) is 0 Å². The zero-order valence-electron chi connectivity index (χ0n) is 11.6. The van der Waals surface area contributed by atoms with Crippen molar-refractivity contribution in [2.75, 3.05) is 19.8 Å². The number of nitrogens with zero attached hydrogens (tertiary/aromatic N) is 1. The fourth-order valence-electron chi connectivity index (χ4n) is 1.30. The molecule has 0 aliphatic heterocycles. The minimum Gasteiger partial charge on any atom is -0.324 e. The van der Waals surface area contributed by atoms with Crippen LogP contribution in [0.3, 0.4) is 0 Å². The highest BCUT2D eigenvalue weighted by molar-refractivity contribution is 7.89. The highest BCUT2D eigenvalue weighted by Gasteiger charge is 2.78. The standard InChI is InChI=1S/C8H12F8NO5PS/c1-17(3-2-4-23(18,19)20)24(21,22)5(9)6(10,11)7(12,13)8(14,15)16/h5H,2-4H2,1H3,(H2,18,19,20). The molecule has 0 rings (SSSR count).